The van der Waals surface area contributed by atoms with E-state index in [1.54, 1.807) is 0 Å². The quantitative estimate of drug-likeness (QED) is 0.898. The monoisotopic (exact) mass is 312 g/mol. The van der Waals surface area contributed by atoms with Crippen LogP contribution in [0, 0.1) is 11.8 Å². The minimum absolute atomic E-state index is 0. The van der Waals surface area contributed by atoms with E-state index in [1.807, 2.05) is 24.1 Å². The molecule has 1 aromatic heterocycles. The van der Waals surface area contributed by atoms with Crippen LogP contribution in [0.15, 0.2) is 12.4 Å². The molecule has 1 aromatic rings. The van der Waals surface area contributed by atoms with E-state index in [-0.39, 0.29) is 24.2 Å². The van der Waals surface area contributed by atoms with Crippen molar-refractivity contribution in [1.29, 1.82) is 0 Å². The number of nitrogens with one attached hydrogen (secondary N) is 1. The summed E-state index contributed by atoms with van der Waals surface area (Å²) in [5.41, 5.74) is 1.18. The Hall–Kier alpha value is -1.07. The Morgan fingerprint density at radius 1 is 1.33 bits per heavy atom. The van der Waals surface area contributed by atoms with E-state index in [0.717, 1.165) is 44.9 Å². The highest BCUT2D eigenvalue weighted by atomic mass is 35.5. The lowest BCUT2D eigenvalue weighted by Gasteiger charge is -2.33. The topological polar surface area (TPSA) is 50.2 Å². The second-order valence-electron chi connectivity index (χ2n) is 6.33. The first-order chi connectivity index (χ1) is 9.65. The van der Waals surface area contributed by atoms with Gasteiger partial charge in [-0.3, -0.25) is 9.48 Å². The van der Waals surface area contributed by atoms with Gasteiger partial charge in [-0.05, 0) is 24.3 Å². The smallest absolute Gasteiger partial charge is 0.227 e. The number of nitrogens with zero attached hydrogens (tertiary/aromatic N) is 3. The van der Waals surface area contributed by atoms with Crippen LogP contribution in [-0.2, 0) is 11.8 Å². The van der Waals surface area contributed by atoms with Crippen molar-refractivity contribution in [2.24, 2.45) is 18.9 Å². The molecule has 21 heavy (non-hydrogen) atoms. The minimum Gasteiger partial charge on any atom is -0.342 e. The molecule has 6 heteroatoms. The highest BCUT2D eigenvalue weighted by Crippen LogP contribution is 2.30. The molecule has 2 aliphatic heterocycles. The maximum atomic E-state index is 12.8. The molecule has 0 unspecified atom stereocenters. The van der Waals surface area contributed by atoms with E-state index in [0.29, 0.717) is 5.91 Å². The number of likely N-dealkylation sites (tertiary alicyclic amines) is 1. The number of carbonyl (C=O) groups excluding carboxylic acids is 1. The molecule has 0 spiro atoms. The van der Waals surface area contributed by atoms with Crippen molar-refractivity contribution in [3.63, 3.8) is 0 Å². The molecule has 0 bridgehead atoms. The molecule has 5 nitrogen and oxygen atoms in total. The molecule has 2 aliphatic rings. The molecule has 2 atom stereocenters. The Kier molecular flexibility index (Phi) is 5.27. The number of hydrogen-bond acceptors (Lipinski definition) is 3. The van der Waals surface area contributed by atoms with Crippen LogP contribution in [0.3, 0.4) is 0 Å². The normalized spacial score (nSPS) is 26.7. The van der Waals surface area contributed by atoms with Crippen molar-refractivity contribution < 1.29 is 4.79 Å². The van der Waals surface area contributed by atoms with Gasteiger partial charge in [0, 0.05) is 45.3 Å². The maximum absolute atomic E-state index is 12.8. The second-order valence-corrected chi connectivity index (χ2v) is 6.33. The molecule has 0 radical (unpaired) electrons. The third-order valence-electron chi connectivity index (χ3n) is 4.78. The summed E-state index contributed by atoms with van der Waals surface area (Å²) in [5.74, 6) is 1.44. The number of hydrogen-bond donors (Lipinski definition) is 1. The molecular weight excluding hydrogens is 288 g/mol. The van der Waals surface area contributed by atoms with Crippen LogP contribution < -0.4 is 5.32 Å². The van der Waals surface area contributed by atoms with E-state index in [4.69, 9.17) is 0 Å². The van der Waals surface area contributed by atoms with Gasteiger partial charge >= 0.3 is 0 Å². The van der Waals surface area contributed by atoms with Gasteiger partial charge in [0.05, 0.1) is 12.1 Å². The van der Waals surface area contributed by atoms with Crippen molar-refractivity contribution in [3.8, 4) is 0 Å². The van der Waals surface area contributed by atoms with Crippen LogP contribution in [0.5, 0.6) is 0 Å². The van der Waals surface area contributed by atoms with E-state index in [2.05, 4.69) is 22.2 Å². The van der Waals surface area contributed by atoms with Gasteiger partial charge in [0.1, 0.15) is 0 Å². The fourth-order valence-corrected chi connectivity index (χ4v) is 3.38. The Bertz CT molecular complexity index is 482. The van der Waals surface area contributed by atoms with Crippen molar-refractivity contribution in [1.82, 2.24) is 20.0 Å². The van der Waals surface area contributed by atoms with Crippen LogP contribution in [0.1, 0.15) is 31.2 Å². The van der Waals surface area contributed by atoms with Crippen molar-refractivity contribution in [3.05, 3.63) is 18.0 Å². The SMILES string of the molecule is CC1CCN(C(=O)[C@H]2CNC[C@@H]2c2cnn(C)c2)CC1.Cl. The van der Waals surface area contributed by atoms with Crippen LogP contribution in [-0.4, -0.2) is 46.8 Å². The summed E-state index contributed by atoms with van der Waals surface area (Å²) >= 11 is 0. The molecule has 0 aromatic carbocycles. The third-order valence-corrected chi connectivity index (χ3v) is 4.78. The summed E-state index contributed by atoms with van der Waals surface area (Å²) in [4.78, 5) is 14.8. The average Bonchev–Trinajstić information content (AvgIpc) is 3.07. The number of aryl methyl sites for hydroxylation is 1. The largest absolute Gasteiger partial charge is 0.342 e. The second kappa shape index (κ2) is 6.79. The maximum Gasteiger partial charge on any atom is 0.227 e. The summed E-state index contributed by atoms with van der Waals surface area (Å²) in [6, 6.07) is 0. The third kappa shape index (κ3) is 3.40. The molecular formula is C15H25ClN4O. The number of piperidine rings is 1. The number of halogens is 1. The van der Waals surface area contributed by atoms with Crippen LogP contribution >= 0.6 is 12.4 Å². The van der Waals surface area contributed by atoms with Crippen LogP contribution in [0.25, 0.3) is 0 Å². The zero-order chi connectivity index (χ0) is 14.1. The van der Waals surface area contributed by atoms with E-state index < -0.39 is 0 Å². The first kappa shape index (κ1) is 16.3. The van der Waals surface area contributed by atoms with Crippen LogP contribution in [0.2, 0.25) is 0 Å². The van der Waals surface area contributed by atoms with Gasteiger partial charge in [0.15, 0.2) is 0 Å². The van der Waals surface area contributed by atoms with Gasteiger partial charge in [0.25, 0.3) is 0 Å². The van der Waals surface area contributed by atoms with Gasteiger partial charge in [-0.25, -0.2) is 0 Å². The zero-order valence-electron chi connectivity index (χ0n) is 12.8. The number of carbonyl (C=O) groups is 1. The summed E-state index contributed by atoms with van der Waals surface area (Å²) in [5, 5.41) is 7.62. The Morgan fingerprint density at radius 3 is 2.67 bits per heavy atom. The molecule has 2 fully saturated rings. The molecule has 1 N–H and O–H groups in total. The predicted molar refractivity (Wildman–Crippen MR) is 84.5 cm³/mol. The fourth-order valence-electron chi connectivity index (χ4n) is 3.38. The summed E-state index contributed by atoms with van der Waals surface area (Å²) < 4.78 is 1.82. The zero-order valence-corrected chi connectivity index (χ0v) is 13.6. The Labute approximate surface area is 132 Å². The summed E-state index contributed by atoms with van der Waals surface area (Å²) in [6.45, 7) is 5.81. The Balaban J connectivity index is 0.00000161. The fraction of sp³-hybridized carbons (Fsp3) is 0.733. The highest BCUT2D eigenvalue weighted by Gasteiger charge is 2.37. The molecule has 0 saturated carbocycles. The molecule has 2 saturated heterocycles. The van der Waals surface area contributed by atoms with Gasteiger partial charge in [-0.1, -0.05) is 6.92 Å². The van der Waals surface area contributed by atoms with Crippen molar-refractivity contribution in [2.75, 3.05) is 26.2 Å². The molecule has 1 amide bonds. The molecule has 3 rings (SSSR count). The van der Waals surface area contributed by atoms with E-state index >= 15 is 0 Å². The van der Waals surface area contributed by atoms with E-state index in [9.17, 15) is 4.79 Å². The minimum atomic E-state index is 0. The predicted octanol–water partition coefficient (Wildman–Crippen LogP) is 1.40. The Morgan fingerprint density at radius 2 is 2.05 bits per heavy atom. The number of amides is 1. The average molecular weight is 313 g/mol. The molecule has 3 heterocycles. The first-order valence-corrected chi connectivity index (χ1v) is 7.63. The standard InChI is InChI=1S/C15H24N4O.ClH/c1-11-3-5-19(6-4-11)15(20)14-9-16-8-13(14)12-7-17-18(2)10-12;/h7,10-11,13-14,16H,3-6,8-9H2,1-2H3;1H/t13-,14+;/m1./s1. The van der Waals surface area contributed by atoms with E-state index in [1.165, 1.54) is 5.56 Å². The van der Waals surface area contributed by atoms with Crippen molar-refractivity contribution in [2.45, 2.75) is 25.7 Å². The lowest BCUT2D eigenvalue weighted by atomic mass is 9.88. The summed E-state index contributed by atoms with van der Waals surface area (Å²) in [6.07, 6.45) is 6.22. The highest BCUT2D eigenvalue weighted by molar-refractivity contribution is 5.85. The number of rotatable bonds is 2. The van der Waals surface area contributed by atoms with Gasteiger partial charge < -0.3 is 10.2 Å². The first-order valence-electron chi connectivity index (χ1n) is 7.63. The lowest BCUT2D eigenvalue weighted by molar-refractivity contribution is -0.136. The van der Waals surface area contributed by atoms with Crippen LogP contribution in [0.4, 0.5) is 0 Å². The summed E-state index contributed by atoms with van der Waals surface area (Å²) in [7, 11) is 1.93. The number of aromatic nitrogens is 2. The van der Waals surface area contributed by atoms with Gasteiger partial charge in [0.2, 0.25) is 5.91 Å². The molecule has 0 aliphatic carbocycles. The lowest BCUT2D eigenvalue weighted by Crippen LogP contribution is -2.43. The van der Waals surface area contributed by atoms with Gasteiger partial charge in [-0.2, -0.15) is 5.10 Å². The van der Waals surface area contributed by atoms with Gasteiger partial charge in [-0.15, -0.1) is 12.4 Å². The molecule has 118 valence electrons. The van der Waals surface area contributed by atoms with Crippen molar-refractivity contribution >= 4 is 18.3 Å².